The van der Waals surface area contributed by atoms with Crippen molar-refractivity contribution in [3.63, 3.8) is 0 Å². The SMILES string of the molecule is C/C=C(/c1ccc(-n2cnc(C)c2)cc1)c1ccc(NC(=O)c2cncc(F)c2C)nc1. The van der Waals surface area contributed by atoms with Crippen LogP contribution in [0.4, 0.5) is 10.2 Å². The van der Waals surface area contributed by atoms with Crippen molar-refractivity contribution in [1.29, 1.82) is 0 Å². The summed E-state index contributed by atoms with van der Waals surface area (Å²) < 4.78 is 15.6. The molecule has 1 aromatic carbocycles. The topological polar surface area (TPSA) is 72.7 Å². The van der Waals surface area contributed by atoms with Crippen LogP contribution in [0.25, 0.3) is 11.3 Å². The van der Waals surface area contributed by atoms with E-state index in [1.54, 1.807) is 25.5 Å². The second kappa shape index (κ2) is 8.93. The highest BCUT2D eigenvalue weighted by Gasteiger charge is 2.14. The number of nitrogens with one attached hydrogen (secondary N) is 1. The second-order valence-electron chi connectivity index (χ2n) is 7.35. The van der Waals surface area contributed by atoms with E-state index in [0.717, 1.165) is 34.3 Å². The number of carbonyl (C=O) groups is 1. The monoisotopic (exact) mass is 427 g/mol. The van der Waals surface area contributed by atoms with E-state index >= 15 is 0 Å². The third-order valence-electron chi connectivity index (χ3n) is 5.19. The molecule has 4 aromatic rings. The average Bonchev–Trinajstić information content (AvgIpc) is 3.24. The quantitative estimate of drug-likeness (QED) is 0.480. The lowest BCUT2D eigenvalue weighted by Gasteiger charge is -2.11. The minimum atomic E-state index is -0.520. The minimum Gasteiger partial charge on any atom is -0.307 e. The molecular weight excluding hydrogens is 405 g/mol. The molecular formula is C25H22FN5O. The summed E-state index contributed by atoms with van der Waals surface area (Å²) in [6.45, 7) is 5.47. The number of aryl methyl sites for hydroxylation is 1. The zero-order valence-electron chi connectivity index (χ0n) is 18.0. The molecule has 0 saturated heterocycles. The van der Waals surface area contributed by atoms with Gasteiger partial charge in [-0.25, -0.2) is 14.4 Å². The summed E-state index contributed by atoms with van der Waals surface area (Å²) in [6.07, 6.45) is 9.92. The molecule has 3 heterocycles. The number of aromatic nitrogens is 4. The van der Waals surface area contributed by atoms with Gasteiger partial charge in [0.2, 0.25) is 0 Å². The lowest BCUT2D eigenvalue weighted by Crippen LogP contribution is -2.15. The van der Waals surface area contributed by atoms with Gasteiger partial charge in [0.15, 0.2) is 0 Å². The number of allylic oxidation sites excluding steroid dienone is 1. The van der Waals surface area contributed by atoms with Crippen LogP contribution in [0.3, 0.4) is 0 Å². The second-order valence-corrected chi connectivity index (χ2v) is 7.35. The number of carbonyl (C=O) groups excluding carboxylic acids is 1. The molecule has 1 amide bonds. The van der Waals surface area contributed by atoms with Crippen LogP contribution in [0.1, 0.15) is 39.7 Å². The van der Waals surface area contributed by atoms with Gasteiger partial charge >= 0.3 is 0 Å². The summed E-state index contributed by atoms with van der Waals surface area (Å²) >= 11 is 0. The molecule has 0 saturated carbocycles. The van der Waals surface area contributed by atoms with E-state index in [2.05, 4.69) is 32.4 Å². The Morgan fingerprint density at radius 2 is 1.75 bits per heavy atom. The number of rotatable bonds is 5. The molecule has 0 bridgehead atoms. The molecule has 7 heteroatoms. The Labute approximate surface area is 185 Å². The maximum Gasteiger partial charge on any atom is 0.258 e. The first-order chi connectivity index (χ1) is 15.5. The number of imidazole rings is 1. The van der Waals surface area contributed by atoms with Gasteiger partial charge in [0.25, 0.3) is 5.91 Å². The van der Waals surface area contributed by atoms with Crippen molar-refractivity contribution in [2.24, 2.45) is 0 Å². The van der Waals surface area contributed by atoms with Gasteiger partial charge < -0.3 is 9.88 Å². The Hall–Kier alpha value is -4.13. The first kappa shape index (κ1) is 21.1. The largest absolute Gasteiger partial charge is 0.307 e. The normalized spacial score (nSPS) is 11.4. The minimum absolute atomic E-state index is 0.179. The van der Waals surface area contributed by atoms with Crippen LogP contribution in [-0.4, -0.2) is 25.4 Å². The Balaban J connectivity index is 1.51. The fraction of sp³-hybridized carbons (Fsp3) is 0.120. The van der Waals surface area contributed by atoms with Crippen molar-refractivity contribution in [1.82, 2.24) is 19.5 Å². The summed E-state index contributed by atoms with van der Waals surface area (Å²) in [7, 11) is 0. The summed E-state index contributed by atoms with van der Waals surface area (Å²) in [6, 6.07) is 11.8. The van der Waals surface area contributed by atoms with Crippen LogP contribution in [0, 0.1) is 19.7 Å². The molecule has 160 valence electrons. The molecule has 3 aromatic heterocycles. The molecule has 0 radical (unpaired) electrons. The van der Waals surface area contributed by atoms with Gasteiger partial charge in [0.1, 0.15) is 11.6 Å². The van der Waals surface area contributed by atoms with Crippen LogP contribution in [0.2, 0.25) is 0 Å². The van der Waals surface area contributed by atoms with Crippen LogP contribution >= 0.6 is 0 Å². The molecule has 0 aliphatic rings. The summed E-state index contributed by atoms with van der Waals surface area (Å²) in [5, 5.41) is 2.69. The molecule has 0 fully saturated rings. The molecule has 4 rings (SSSR count). The van der Waals surface area contributed by atoms with Crippen molar-refractivity contribution in [3.8, 4) is 5.69 Å². The molecule has 32 heavy (non-hydrogen) atoms. The molecule has 0 spiro atoms. The first-order valence-electron chi connectivity index (χ1n) is 10.1. The van der Waals surface area contributed by atoms with Crippen molar-refractivity contribution in [2.45, 2.75) is 20.8 Å². The molecule has 6 nitrogen and oxygen atoms in total. The van der Waals surface area contributed by atoms with Crippen LogP contribution in [-0.2, 0) is 0 Å². The Morgan fingerprint density at radius 3 is 2.38 bits per heavy atom. The van der Waals surface area contributed by atoms with E-state index in [0.29, 0.717) is 5.82 Å². The predicted molar refractivity (Wildman–Crippen MR) is 122 cm³/mol. The Kier molecular flexibility index (Phi) is 5.89. The zero-order valence-corrected chi connectivity index (χ0v) is 18.0. The van der Waals surface area contributed by atoms with Crippen molar-refractivity contribution < 1.29 is 9.18 Å². The fourth-order valence-corrected chi connectivity index (χ4v) is 3.41. The smallest absolute Gasteiger partial charge is 0.258 e. The number of amides is 1. The van der Waals surface area contributed by atoms with E-state index in [9.17, 15) is 9.18 Å². The maximum absolute atomic E-state index is 13.7. The highest BCUT2D eigenvalue weighted by atomic mass is 19.1. The van der Waals surface area contributed by atoms with E-state index < -0.39 is 11.7 Å². The third-order valence-corrected chi connectivity index (χ3v) is 5.19. The third kappa shape index (κ3) is 4.32. The Morgan fingerprint density at radius 1 is 1.00 bits per heavy atom. The molecule has 0 aliphatic heterocycles. The molecule has 0 unspecified atom stereocenters. The predicted octanol–water partition coefficient (Wildman–Crippen LogP) is 5.12. The van der Waals surface area contributed by atoms with Crippen molar-refractivity contribution in [2.75, 3.05) is 5.32 Å². The molecule has 0 aliphatic carbocycles. The summed E-state index contributed by atoms with van der Waals surface area (Å²) in [5.74, 6) is -0.595. The summed E-state index contributed by atoms with van der Waals surface area (Å²) in [4.78, 5) is 24.8. The van der Waals surface area contributed by atoms with Crippen molar-refractivity contribution >= 4 is 17.3 Å². The fourth-order valence-electron chi connectivity index (χ4n) is 3.41. The lowest BCUT2D eigenvalue weighted by atomic mass is 9.99. The van der Waals surface area contributed by atoms with Gasteiger partial charge in [-0.05, 0) is 56.2 Å². The van der Waals surface area contributed by atoms with E-state index in [4.69, 9.17) is 0 Å². The van der Waals surface area contributed by atoms with Gasteiger partial charge in [-0.1, -0.05) is 18.2 Å². The zero-order chi connectivity index (χ0) is 22.7. The highest BCUT2D eigenvalue weighted by molar-refractivity contribution is 6.04. The van der Waals surface area contributed by atoms with Gasteiger partial charge in [-0.2, -0.15) is 0 Å². The number of hydrogen-bond acceptors (Lipinski definition) is 4. The highest BCUT2D eigenvalue weighted by Crippen LogP contribution is 2.25. The average molecular weight is 427 g/mol. The number of halogens is 1. The van der Waals surface area contributed by atoms with E-state index in [1.807, 2.05) is 48.9 Å². The Bertz CT molecular complexity index is 1290. The van der Waals surface area contributed by atoms with Gasteiger partial charge in [-0.3, -0.25) is 9.78 Å². The molecule has 0 atom stereocenters. The number of anilines is 1. The maximum atomic E-state index is 13.7. The van der Waals surface area contributed by atoms with Gasteiger partial charge in [-0.15, -0.1) is 0 Å². The standard InChI is InChI=1S/C25H22FN5O/c1-4-21(18-5-8-20(9-6-18)31-14-16(2)29-15-31)19-7-10-24(28-11-19)30-25(32)22-12-27-13-23(26)17(22)3/h4-15H,1-3H3,(H,28,30,32)/b21-4-. The summed E-state index contributed by atoms with van der Waals surface area (Å²) in [5.41, 5.74) is 5.41. The molecule has 1 N–H and O–H groups in total. The first-order valence-corrected chi connectivity index (χ1v) is 10.1. The van der Waals surface area contributed by atoms with Crippen molar-refractivity contribution in [3.05, 3.63) is 107 Å². The number of pyridine rings is 2. The van der Waals surface area contributed by atoms with E-state index in [1.165, 1.54) is 6.20 Å². The van der Waals surface area contributed by atoms with Crippen LogP contribution in [0.5, 0.6) is 0 Å². The van der Waals surface area contributed by atoms with Crippen LogP contribution < -0.4 is 5.32 Å². The number of benzene rings is 1. The van der Waals surface area contributed by atoms with Crippen LogP contribution in [0.15, 0.2) is 73.6 Å². The lowest BCUT2D eigenvalue weighted by molar-refractivity contribution is 0.102. The van der Waals surface area contributed by atoms with E-state index in [-0.39, 0.29) is 11.1 Å². The van der Waals surface area contributed by atoms with Gasteiger partial charge in [0.05, 0.1) is 23.8 Å². The number of nitrogens with zero attached hydrogens (tertiary/aromatic N) is 4. The van der Waals surface area contributed by atoms with Gasteiger partial charge in [0, 0.05) is 35.4 Å². The number of hydrogen-bond donors (Lipinski definition) is 1.